The first-order chi connectivity index (χ1) is 15.4. The lowest BCUT2D eigenvalue weighted by atomic mass is 9.65. The molecule has 1 amide bonds. The number of carbonyl (C=O) groups is 2. The molecule has 1 aromatic carbocycles. The van der Waals surface area contributed by atoms with Gasteiger partial charge in [-0.2, -0.15) is 0 Å². The molecule has 0 spiro atoms. The van der Waals surface area contributed by atoms with Crippen LogP contribution in [0.25, 0.3) is 0 Å². The molecule has 2 aromatic rings. The standard InChI is InChI=1S/C23H27ClN2O5S2/c1-22(2)10-15-11-23(3,13-22)14-26(15)19(27)12-31-21(28)16-6-4-5-7-17(16)25-33(29,30)20-9-8-18(24)32-20/h4-9,15,25H,10-14H2,1-3H3. The normalized spacial score (nSPS) is 23.9. The van der Waals surface area contributed by atoms with Gasteiger partial charge in [-0.25, -0.2) is 13.2 Å². The van der Waals surface area contributed by atoms with Crippen molar-refractivity contribution in [2.75, 3.05) is 17.9 Å². The first kappa shape index (κ1) is 24.0. The van der Waals surface area contributed by atoms with E-state index in [1.54, 1.807) is 12.1 Å². The van der Waals surface area contributed by atoms with Crippen LogP contribution in [0.15, 0.2) is 40.6 Å². The number of fused-ring (bicyclic) bond motifs is 2. The number of anilines is 1. The van der Waals surface area contributed by atoms with E-state index in [1.165, 1.54) is 24.3 Å². The van der Waals surface area contributed by atoms with E-state index in [2.05, 4.69) is 25.5 Å². The number of esters is 1. The van der Waals surface area contributed by atoms with Crippen molar-refractivity contribution in [1.82, 2.24) is 4.90 Å². The number of para-hydroxylation sites is 1. The maximum absolute atomic E-state index is 12.9. The Balaban J connectivity index is 1.43. The summed E-state index contributed by atoms with van der Waals surface area (Å²) in [5.41, 5.74) is 0.365. The molecule has 1 aromatic heterocycles. The number of amides is 1. The maximum atomic E-state index is 12.9. The van der Waals surface area contributed by atoms with Crippen molar-refractivity contribution in [2.24, 2.45) is 10.8 Å². The van der Waals surface area contributed by atoms with Crippen molar-refractivity contribution < 1.29 is 22.7 Å². The smallest absolute Gasteiger partial charge is 0.340 e. The van der Waals surface area contributed by atoms with Crippen molar-refractivity contribution >= 4 is 50.5 Å². The third-order valence-corrected chi connectivity index (χ3v) is 9.36. The number of thiophene rings is 1. The van der Waals surface area contributed by atoms with Gasteiger partial charge in [0.2, 0.25) is 0 Å². The van der Waals surface area contributed by atoms with Crippen LogP contribution in [0.4, 0.5) is 5.69 Å². The number of nitrogens with zero attached hydrogens (tertiary/aromatic N) is 1. The Morgan fingerprint density at radius 1 is 1.18 bits per heavy atom. The number of carbonyl (C=O) groups excluding carboxylic acids is 2. The number of sulfonamides is 1. The van der Waals surface area contributed by atoms with Gasteiger partial charge in [0.05, 0.1) is 15.6 Å². The van der Waals surface area contributed by atoms with Crippen molar-refractivity contribution in [3.63, 3.8) is 0 Å². The van der Waals surface area contributed by atoms with E-state index in [4.69, 9.17) is 16.3 Å². The highest BCUT2D eigenvalue weighted by Crippen LogP contribution is 2.52. The third-order valence-electron chi connectivity index (χ3n) is 6.27. The molecule has 2 bridgehead atoms. The molecule has 1 saturated carbocycles. The summed E-state index contributed by atoms with van der Waals surface area (Å²) in [5, 5.41) is 0. The lowest BCUT2D eigenvalue weighted by Gasteiger charge is -2.39. The molecule has 4 rings (SSSR count). The number of benzene rings is 1. The van der Waals surface area contributed by atoms with Gasteiger partial charge in [0.25, 0.3) is 15.9 Å². The van der Waals surface area contributed by atoms with E-state index in [1.807, 2.05) is 4.90 Å². The highest BCUT2D eigenvalue weighted by Gasteiger charge is 2.50. The van der Waals surface area contributed by atoms with Gasteiger partial charge in [0.15, 0.2) is 6.61 Å². The molecular weight excluding hydrogens is 484 g/mol. The molecule has 1 aliphatic heterocycles. The Kier molecular flexibility index (Phi) is 6.26. The second kappa shape index (κ2) is 8.60. The van der Waals surface area contributed by atoms with E-state index in [0.29, 0.717) is 10.9 Å². The summed E-state index contributed by atoms with van der Waals surface area (Å²) in [4.78, 5) is 27.5. The van der Waals surface area contributed by atoms with E-state index in [-0.39, 0.29) is 44.8 Å². The van der Waals surface area contributed by atoms with Crippen LogP contribution < -0.4 is 4.72 Å². The Morgan fingerprint density at radius 2 is 1.91 bits per heavy atom. The summed E-state index contributed by atoms with van der Waals surface area (Å²) < 4.78 is 33.4. The molecule has 2 atom stereocenters. The largest absolute Gasteiger partial charge is 0.452 e. The molecule has 33 heavy (non-hydrogen) atoms. The quantitative estimate of drug-likeness (QED) is 0.564. The Labute approximate surface area is 203 Å². The fraction of sp³-hybridized carbons (Fsp3) is 0.478. The average Bonchev–Trinajstić information content (AvgIpc) is 3.26. The van der Waals surface area contributed by atoms with Gasteiger partial charge in [0.1, 0.15) is 4.21 Å². The van der Waals surface area contributed by atoms with Gasteiger partial charge in [-0.15, -0.1) is 11.3 Å². The zero-order chi connectivity index (χ0) is 24.0. The van der Waals surface area contributed by atoms with E-state index >= 15 is 0 Å². The molecule has 7 nitrogen and oxygen atoms in total. The number of rotatable bonds is 6. The third kappa shape index (κ3) is 5.20. The number of halogens is 1. The van der Waals surface area contributed by atoms with Gasteiger partial charge in [-0.3, -0.25) is 9.52 Å². The minimum Gasteiger partial charge on any atom is -0.452 e. The van der Waals surface area contributed by atoms with E-state index < -0.39 is 16.0 Å². The molecule has 2 unspecified atom stereocenters. The number of likely N-dealkylation sites (tertiary alicyclic amines) is 1. The highest BCUT2D eigenvalue weighted by atomic mass is 35.5. The van der Waals surface area contributed by atoms with Crippen LogP contribution in [-0.2, 0) is 19.6 Å². The van der Waals surface area contributed by atoms with Crippen molar-refractivity contribution in [2.45, 2.75) is 50.3 Å². The lowest BCUT2D eigenvalue weighted by Crippen LogP contribution is -2.39. The predicted molar refractivity (Wildman–Crippen MR) is 128 cm³/mol. The summed E-state index contributed by atoms with van der Waals surface area (Å²) in [5.74, 6) is -0.986. The monoisotopic (exact) mass is 510 g/mol. The van der Waals surface area contributed by atoms with Crippen molar-refractivity contribution in [3.05, 3.63) is 46.3 Å². The molecule has 2 fully saturated rings. The van der Waals surface area contributed by atoms with Crippen LogP contribution in [-0.4, -0.2) is 44.4 Å². The van der Waals surface area contributed by atoms with Gasteiger partial charge in [-0.05, 0) is 54.4 Å². The van der Waals surface area contributed by atoms with Gasteiger partial charge >= 0.3 is 5.97 Å². The summed E-state index contributed by atoms with van der Waals surface area (Å²) in [6, 6.07) is 9.17. The fourth-order valence-corrected chi connectivity index (χ4v) is 7.99. The van der Waals surface area contributed by atoms with Crippen molar-refractivity contribution in [3.8, 4) is 0 Å². The topological polar surface area (TPSA) is 92.8 Å². The van der Waals surface area contributed by atoms with E-state index in [0.717, 1.165) is 30.6 Å². The first-order valence-corrected chi connectivity index (χ1v) is 13.4. The number of hydrogen-bond acceptors (Lipinski definition) is 6. The van der Waals surface area contributed by atoms with Crippen LogP contribution in [0.3, 0.4) is 0 Å². The second-order valence-electron chi connectivity index (χ2n) is 10.0. The number of nitrogens with one attached hydrogen (secondary N) is 1. The zero-order valence-corrected chi connectivity index (χ0v) is 21.1. The van der Waals surface area contributed by atoms with Crippen LogP contribution >= 0.6 is 22.9 Å². The highest BCUT2D eigenvalue weighted by molar-refractivity contribution is 7.94. The lowest BCUT2D eigenvalue weighted by molar-refractivity contribution is -0.135. The molecule has 10 heteroatoms. The Hall–Kier alpha value is -2.10. The predicted octanol–water partition coefficient (Wildman–Crippen LogP) is 4.79. The summed E-state index contributed by atoms with van der Waals surface area (Å²) in [6.07, 6.45) is 2.95. The summed E-state index contributed by atoms with van der Waals surface area (Å²) >= 11 is 6.76. The van der Waals surface area contributed by atoms with Gasteiger partial charge < -0.3 is 9.64 Å². The summed E-state index contributed by atoms with van der Waals surface area (Å²) in [6.45, 7) is 6.95. The molecule has 0 radical (unpaired) electrons. The average molecular weight is 511 g/mol. The Morgan fingerprint density at radius 3 is 2.61 bits per heavy atom. The molecule has 2 heterocycles. The van der Waals surface area contributed by atoms with Crippen LogP contribution in [0, 0.1) is 10.8 Å². The molecule has 1 saturated heterocycles. The molecule has 2 aliphatic rings. The van der Waals surface area contributed by atoms with Crippen LogP contribution in [0.5, 0.6) is 0 Å². The first-order valence-electron chi connectivity index (χ1n) is 10.7. The minimum absolute atomic E-state index is 0.0300. The SMILES string of the molecule is CC1(C)CC2CC(C)(CN2C(=O)COC(=O)c2ccccc2NS(=O)(=O)c2ccc(Cl)s2)C1. The fourth-order valence-electron chi connectivity index (χ4n) is 5.43. The van der Waals surface area contributed by atoms with Crippen molar-refractivity contribution in [1.29, 1.82) is 0 Å². The summed E-state index contributed by atoms with van der Waals surface area (Å²) in [7, 11) is -3.92. The van der Waals surface area contributed by atoms with Gasteiger partial charge in [-0.1, -0.05) is 44.5 Å². The van der Waals surface area contributed by atoms with Crippen LogP contribution in [0.1, 0.15) is 50.4 Å². The van der Waals surface area contributed by atoms with E-state index in [9.17, 15) is 18.0 Å². The molecular formula is C23H27ClN2O5S2. The van der Waals surface area contributed by atoms with Gasteiger partial charge in [0, 0.05) is 12.6 Å². The molecule has 1 aliphatic carbocycles. The zero-order valence-electron chi connectivity index (χ0n) is 18.8. The molecule has 178 valence electrons. The number of ether oxygens (including phenoxy) is 1. The number of hydrogen-bond donors (Lipinski definition) is 1. The minimum atomic E-state index is -3.92. The maximum Gasteiger partial charge on any atom is 0.340 e. The van der Waals surface area contributed by atoms with Crippen LogP contribution in [0.2, 0.25) is 4.34 Å². The molecule has 1 N–H and O–H groups in total. The second-order valence-corrected chi connectivity index (χ2v) is 13.6. The Bertz CT molecular complexity index is 1190.